The highest BCUT2D eigenvalue weighted by Crippen LogP contribution is 2.16. The van der Waals surface area contributed by atoms with Crippen molar-refractivity contribution in [2.75, 3.05) is 19.8 Å². The van der Waals surface area contributed by atoms with Crippen LogP contribution in [0.1, 0.15) is 41.0 Å². The van der Waals surface area contributed by atoms with E-state index in [0.717, 1.165) is 49.6 Å². The van der Waals surface area contributed by atoms with Crippen molar-refractivity contribution in [2.24, 2.45) is 0 Å². The summed E-state index contributed by atoms with van der Waals surface area (Å²) in [5.74, 6) is 0.700. The molecular weight excluding hydrogens is 330 g/mol. The third kappa shape index (κ3) is 5.08. The van der Waals surface area contributed by atoms with Gasteiger partial charge in [0, 0.05) is 31.0 Å². The zero-order chi connectivity index (χ0) is 18.4. The quantitative estimate of drug-likeness (QED) is 0.738. The molecule has 1 aliphatic rings. The number of carbonyl (C=O) groups is 1. The van der Waals surface area contributed by atoms with Crippen LogP contribution in [0.4, 0.5) is 0 Å². The van der Waals surface area contributed by atoms with Gasteiger partial charge in [-0.2, -0.15) is 5.10 Å². The summed E-state index contributed by atoms with van der Waals surface area (Å²) < 4.78 is 13.2. The minimum absolute atomic E-state index is 0.0657. The van der Waals surface area contributed by atoms with Crippen LogP contribution in [0.5, 0.6) is 5.75 Å². The van der Waals surface area contributed by atoms with Gasteiger partial charge in [0.05, 0.1) is 11.8 Å². The molecule has 0 aliphatic carbocycles. The third-order valence-electron chi connectivity index (χ3n) is 4.51. The first kappa shape index (κ1) is 18.5. The van der Waals surface area contributed by atoms with Crippen LogP contribution in [-0.4, -0.2) is 41.6 Å². The number of aryl methyl sites for hydroxylation is 3. The molecular formula is C20H27N3O3. The van der Waals surface area contributed by atoms with Gasteiger partial charge in [-0.1, -0.05) is 0 Å². The predicted octanol–water partition coefficient (Wildman–Crippen LogP) is 2.88. The molecule has 1 atom stereocenters. The number of amides is 1. The molecule has 140 valence electrons. The van der Waals surface area contributed by atoms with E-state index in [4.69, 9.17) is 9.47 Å². The van der Waals surface area contributed by atoms with Crippen molar-refractivity contribution < 1.29 is 14.3 Å². The molecule has 26 heavy (non-hydrogen) atoms. The average Bonchev–Trinajstić information content (AvgIpc) is 3.26. The van der Waals surface area contributed by atoms with Crippen molar-refractivity contribution >= 4 is 5.91 Å². The smallest absolute Gasteiger partial charge is 0.251 e. The Bertz CT molecular complexity index is 718. The normalized spacial score (nSPS) is 16.6. The summed E-state index contributed by atoms with van der Waals surface area (Å²) in [5.41, 5.74) is 2.81. The lowest BCUT2D eigenvalue weighted by atomic mass is 10.2. The number of nitrogens with one attached hydrogen (secondary N) is 1. The van der Waals surface area contributed by atoms with Crippen molar-refractivity contribution in [3.63, 3.8) is 0 Å². The second-order valence-corrected chi connectivity index (χ2v) is 6.73. The number of ether oxygens (including phenoxy) is 2. The van der Waals surface area contributed by atoms with Crippen molar-refractivity contribution in [1.29, 1.82) is 0 Å². The summed E-state index contributed by atoms with van der Waals surface area (Å²) in [6.07, 6.45) is 3.20. The number of hydrogen-bond donors (Lipinski definition) is 1. The largest absolute Gasteiger partial charge is 0.491 e. The predicted molar refractivity (Wildman–Crippen MR) is 99.6 cm³/mol. The first-order valence-corrected chi connectivity index (χ1v) is 9.25. The van der Waals surface area contributed by atoms with E-state index < -0.39 is 0 Å². The Morgan fingerprint density at radius 2 is 2.15 bits per heavy atom. The van der Waals surface area contributed by atoms with Crippen LogP contribution in [0.2, 0.25) is 0 Å². The van der Waals surface area contributed by atoms with E-state index in [0.29, 0.717) is 18.7 Å². The fourth-order valence-corrected chi connectivity index (χ4v) is 3.10. The van der Waals surface area contributed by atoms with E-state index in [2.05, 4.69) is 16.5 Å². The van der Waals surface area contributed by atoms with Gasteiger partial charge in [0.2, 0.25) is 0 Å². The Morgan fingerprint density at radius 3 is 2.81 bits per heavy atom. The van der Waals surface area contributed by atoms with Crippen LogP contribution >= 0.6 is 0 Å². The lowest BCUT2D eigenvalue weighted by molar-refractivity contribution is 0.0679. The SMILES string of the molecule is Cc1cc(C)n(CCCNC(=O)c2ccc(OC[C@H]3CCCO3)cc2)n1. The molecule has 0 saturated carbocycles. The van der Waals surface area contributed by atoms with Crippen LogP contribution < -0.4 is 10.1 Å². The van der Waals surface area contributed by atoms with Crippen LogP contribution in [-0.2, 0) is 11.3 Å². The van der Waals surface area contributed by atoms with Gasteiger partial charge in [-0.15, -0.1) is 0 Å². The molecule has 3 rings (SSSR count). The number of rotatable bonds is 8. The van der Waals surface area contributed by atoms with E-state index in [-0.39, 0.29) is 12.0 Å². The number of nitrogens with zero attached hydrogens (tertiary/aromatic N) is 2. The fourth-order valence-electron chi connectivity index (χ4n) is 3.10. The summed E-state index contributed by atoms with van der Waals surface area (Å²) in [7, 11) is 0. The summed E-state index contributed by atoms with van der Waals surface area (Å²) in [5, 5.41) is 7.37. The van der Waals surface area contributed by atoms with Gasteiger partial charge in [0.1, 0.15) is 12.4 Å². The summed E-state index contributed by atoms with van der Waals surface area (Å²) in [6.45, 7) is 6.84. The Kier molecular flexibility index (Phi) is 6.28. The van der Waals surface area contributed by atoms with Gasteiger partial charge >= 0.3 is 0 Å². The summed E-state index contributed by atoms with van der Waals surface area (Å²) >= 11 is 0. The van der Waals surface area contributed by atoms with Gasteiger partial charge in [-0.25, -0.2) is 0 Å². The maximum atomic E-state index is 12.2. The molecule has 6 nitrogen and oxygen atoms in total. The third-order valence-corrected chi connectivity index (χ3v) is 4.51. The Labute approximate surface area is 154 Å². The molecule has 1 saturated heterocycles. The highest BCUT2D eigenvalue weighted by molar-refractivity contribution is 5.94. The highest BCUT2D eigenvalue weighted by Gasteiger charge is 2.16. The molecule has 0 unspecified atom stereocenters. The summed E-state index contributed by atoms with van der Waals surface area (Å²) in [6, 6.07) is 9.31. The molecule has 0 bridgehead atoms. The molecule has 1 aliphatic heterocycles. The second kappa shape index (κ2) is 8.85. The van der Waals surface area contributed by atoms with E-state index in [9.17, 15) is 4.79 Å². The van der Waals surface area contributed by atoms with Crippen molar-refractivity contribution in [1.82, 2.24) is 15.1 Å². The lowest BCUT2D eigenvalue weighted by Gasteiger charge is -2.12. The zero-order valence-corrected chi connectivity index (χ0v) is 15.5. The zero-order valence-electron chi connectivity index (χ0n) is 15.5. The standard InChI is InChI=1S/C20H27N3O3/c1-15-13-16(2)23(22-15)11-4-10-21-20(24)17-6-8-18(9-7-17)26-14-19-5-3-12-25-19/h6-9,13,19H,3-5,10-12,14H2,1-2H3,(H,21,24)/t19-/m1/s1. The van der Waals surface area contributed by atoms with Gasteiger partial charge < -0.3 is 14.8 Å². The average molecular weight is 357 g/mol. The number of aromatic nitrogens is 2. The maximum Gasteiger partial charge on any atom is 0.251 e. The fraction of sp³-hybridized carbons (Fsp3) is 0.500. The minimum Gasteiger partial charge on any atom is -0.491 e. The molecule has 1 N–H and O–H groups in total. The molecule has 1 aromatic heterocycles. The van der Waals surface area contributed by atoms with Gasteiger partial charge in [0.25, 0.3) is 5.91 Å². The first-order chi connectivity index (χ1) is 12.6. The molecule has 2 heterocycles. The number of hydrogen-bond acceptors (Lipinski definition) is 4. The number of carbonyl (C=O) groups excluding carboxylic acids is 1. The minimum atomic E-state index is -0.0657. The van der Waals surface area contributed by atoms with Crippen LogP contribution in [0.3, 0.4) is 0 Å². The van der Waals surface area contributed by atoms with Gasteiger partial charge in [-0.3, -0.25) is 9.48 Å². The van der Waals surface area contributed by atoms with Gasteiger partial charge in [-0.05, 0) is 63.4 Å². The lowest BCUT2D eigenvalue weighted by Crippen LogP contribution is -2.25. The van der Waals surface area contributed by atoms with E-state index in [1.165, 1.54) is 0 Å². The van der Waals surface area contributed by atoms with Crippen LogP contribution in [0.15, 0.2) is 30.3 Å². The maximum absolute atomic E-state index is 12.2. The Morgan fingerprint density at radius 1 is 1.35 bits per heavy atom. The molecule has 1 aromatic carbocycles. The molecule has 2 aromatic rings. The molecule has 0 radical (unpaired) electrons. The van der Waals surface area contributed by atoms with E-state index in [1.54, 1.807) is 12.1 Å². The monoisotopic (exact) mass is 357 g/mol. The van der Waals surface area contributed by atoms with Gasteiger partial charge in [0.15, 0.2) is 0 Å². The highest BCUT2D eigenvalue weighted by atomic mass is 16.5. The summed E-state index contributed by atoms with van der Waals surface area (Å²) in [4.78, 5) is 12.2. The molecule has 0 spiro atoms. The Hall–Kier alpha value is -2.34. The van der Waals surface area contributed by atoms with Crippen LogP contribution in [0.25, 0.3) is 0 Å². The first-order valence-electron chi connectivity index (χ1n) is 9.25. The van der Waals surface area contributed by atoms with Crippen molar-refractivity contribution in [2.45, 2.75) is 45.8 Å². The van der Waals surface area contributed by atoms with E-state index >= 15 is 0 Å². The molecule has 1 amide bonds. The Balaban J connectivity index is 1.39. The number of benzene rings is 1. The van der Waals surface area contributed by atoms with Crippen LogP contribution in [0, 0.1) is 13.8 Å². The van der Waals surface area contributed by atoms with Crippen molar-refractivity contribution in [3.8, 4) is 5.75 Å². The van der Waals surface area contributed by atoms with Crippen molar-refractivity contribution in [3.05, 3.63) is 47.3 Å². The van der Waals surface area contributed by atoms with E-state index in [1.807, 2.05) is 30.7 Å². The molecule has 1 fully saturated rings. The molecule has 6 heteroatoms. The second-order valence-electron chi connectivity index (χ2n) is 6.73. The topological polar surface area (TPSA) is 65.4 Å².